The maximum absolute atomic E-state index is 9.54. The molecule has 1 aliphatic rings. The van der Waals surface area contributed by atoms with Crippen LogP contribution in [-0.4, -0.2) is 11.6 Å². The van der Waals surface area contributed by atoms with Gasteiger partial charge >= 0.3 is 0 Å². The van der Waals surface area contributed by atoms with E-state index in [1.807, 2.05) is 0 Å². The fourth-order valence-electron chi connectivity index (χ4n) is 2.59. The number of nitrogens with zero attached hydrogens (tertiary/aromatic N) is 1. The number of nitrogens with one attached hydrogen (secondary N) is 1. The fraction of sp³-hybridized carbons (Fsp3) is 0.533. The average molecular weight is 307 g/mol. The minimum Gasteiger partial charge on any atom is -0.297 e. The number of halogens is 1. The van der Waals surface area contributed by atoms with Gasteiger partial charge in [-0.25, -0.2) is 0 Å². The van der Waals surface area contributed by atoms with E-state index in [0.717, 1.165) is 30.2 Å². The summed E-state index contributed by atoms with van der Waals surface area (Å²) in [6.07, 6.45) is 3.75. The highest BCUT2D eigenvalue weighted by Crippen LogP contribution is 2.30. The zero-order valence-corrected chi connectivity index (χ0v) is 12.5. The molecular weight excluding hydrogens is 288 g/mol. The third kappa shape index (κ3) is 2.76. The minimum atomic E-state index is -0.379. The largest absolute Gasteiger partial charge is 0.297 e. The standard InChI is InChI=1S/C15H19BrN2/c1-3-11(2)18-15(10-17)7-6-12-8-14(16)5-4-13(12)9-15/h4-5,8,11,18H,3,6-7,9H2,1-2H3. The van der Waals surface area contributed by atoms with Crippen molar-refractivity contribution in [3.63, 3.8) is 0 Å². The molecule has 1 aromatic rings. The summed E-state index contributed by atoms with van der Waals surface area (Å²) >= 11 is 3.51. The van der Waals surface area contributed by atoms with Gasteiger partial charge in [0.25, 0.3) is 0 Å². The number of hydrogen-bond donors (Lipinski definition) is 1. The summed E-state index contributed by atoms with van der Waals surface area (Å²) in [5.41, 5.74) is 2.30. The van der Waals surface area contributed by atoms with Crippen molar-refractivity contribution in [1.29, 1.82) is 5.26 Å². The Balaban J connectivity index is 2.23. The molecule has 2 rings (SSSR count). The second-order valence-electron chi connectivity index (χ2n) is 5.24. The monoisotopic (exact) mass is 306 g/mol. The Kier molecular flexibility index (Phi) is 4.09. The zero-order chi connectivity index (χ0) is 13.2. The van der Waals surface area contributed by atoms with Gasteiger partial charge in [-0.2, -0.15) is 5.26 Å². The zero-order valence-electron chi connectivity index (χ0n) is 11.0. The lowest BCUT2D eigenvalue weighted by Crippen LogP contribution is -2.51. The molecular formula is C15H19BrN2. The predicted molar refractivity (Wildman–Crippen MR) is 77.4 cm³/mol. The molecule has 1 aliphatic carbocycles. The van der Waals surface area contributed by atoms with E-state index in [1.165, 1.54) is 11.1 Å². The van der Waals surface area contributed by atoms with Crippen LogP contribution < -0.4 is 5.32 Å². The molecule has 0 saturated carbocycles. The minimum absolute atomic E-state index is 0.379. The van der Waals surface area contributed by atoms with Crippen LogP contribution in [0.1, 0.15) is 37.8 Å². The first-order valence-corrected chi connectivity index (χ1v) is 7.34. The summed E-state index contributed by atoms with van der Waals surface area (Å²) in [5, 5.41) is 13.1. The van der Waals surface area contributed by atoms with Gasteiger partial charge in [0.15, 0.2) is 0 Å². The Morgan fingerprint density at radius 2 is 2.28 bits per heavy atom. The van der Waals surface area contributed by atoms with Crippen LogP contribution in [0.3, 0.4) is 0 Å². The van der Waals surface area contributed by atoms with Crippen molar-refractivity contribution in [3.8, 4) is 6.07 Å². The molecule has 3 heteroatoms. The summed E-state index contributed by atoms with van der Waals surface area (Å²) in [5.74, 6) is 0. The summed E-state index contributed by atoms with van der Waals surface area (Å²) in [7, 11) is 0. The molecule has 0 amide bonds. The molecule has 18 heavy (non-hydrogen) atoms. The highest BCUT2D eigenvalue weighted by atomic mass is 79.9. The molecule has 0 spiro atoms. The molecule has 0 fully saturated rings. The normalized spacial score (nSPS) is 24.1. The van der Waals surface area contributed by atoms with Crippen molar-refractivity contribution in [1.82, 2.24) is 5.32 Å². The lowest BCUT2D eigenvalue weighted by Gasteiger charge is -2.35. The first-order valence-electron chi connectivity index (χ1n) is 6.55. The van der Waals surface area contributed by atoms with Crippen molar-refractivity contribution in [2.75, 3.05) is 0 Å². The number of hydrogen-bond acceptors (Lipinski definition) is 2. The molecule has 0 aromatic heterocycles. The van der Waals surface area contributed by atoms with Crippen LogP contribution in [0, 0.1) is 11.3 Å². The summed E-state index contributed by atoms with van der Waals surface area (Å²) in [6, 6.07) is 9.29. The molecule has 0 aliphatic heterocycles. The second kappa shape index (κ2) is 5.42. The van der Waals surface area contributed by atoms with E-state index in [9.17, 15) is 5.26 Å². The first-order chi connectivity index (χ1) is 8.58. The molecule has 2 atom stereocenters. The topological polar surface area (TPSA) is 35.8 Å². The van der Waals surface area contributed by atoms with Gasteiger partial charge < -0.3 is 0 Å². The van der Waals surface area contributed by atoms with Gasteiger partial charge in [0, 0.05) is 16.9 Å². The number of aryl methyl sites for hydroxylation is 1. The van der Waals surface area contributed by atoms with E-state index in [-0.39, 0.29) is 5.54 Å². The van der Waals surface area contributed by atoms with Crippen molar-refractivity contribution in [2.24, 2.45) is 0 Å². The van der Waals surface area contributed by atoms with E-state index in [0.29, 0.717) is 6.04 Å². The Bertz CT molecular complexity index is 478. The molecule has 96 valence electrons. The van der Waals surface area contributed by atoms with Crippen molar-refractivity contribution < 1.29 is 0 Å². The number of nitriles is 1. The van der Waals surface area contributed by atoms with Crippen LogP contribution in [0.2, 0.25) is 0 Å². The number of benzene rings is 1. The smallest absolute Gasteiger partial charge is 0.111 e. The van der Waals surface area contributed by atoms with Crippen molar-refractivity contribution in [2.45, 2.75) is 51.1 Å². The molecule has 0 heterocycles. The third-order valence-electron chi connectivity index (χ3n) is 3.83. The van der Waals surface area contributed by atoms with Gasteiger partial charge in [-0.15, -0.1) is 0 Å². The Hall–Kier alpha value is -0.850. The predicted octanol–water partition coefficient (Wildman–Crippen LogP) is 3.59. The van der Waals surface area contributed by atoms with Crippen molar-refractivity contribution in [3.05, 3.63) is 33.8 Å². The Labute approximate surface area is 118 Å². The molecule has 2 nitrogen and oxygen atoms in total. The van der Waals surface area contributed by atoms with E-state index in [2.05, 4.69) is 59.4 Å². The summed E-state index contributed by atoms with van der Waals surface area (Å²) in [4.78, 5) is 0. The average Bonchev–Trinajstić information content (AvgIpc) is 2.39. The van der Waals surface area contributed by atoms with Gasteiger partial charge in [-0.3, -0.25) is 5.32 Å². The van der Waals surface area contributed by atoms with Crippen LogP contribution in [0.25, 0.3) is 0 Å². The van der Waals surface area contributed by atoms with Crippen LogP contribution in [0.5, 0.6) is 0 Å². The van der Waals surface area contributed by atoms with Crippen LogP contribution in [0.4, 0.5) is 0 Å². The summed E-state index contributed by atoms with van der Waals surface area (Å²) in [6.45, 7) is 4.30. The van der Waals surface area contributed by atoms with Gasteiger partial charge in [0.1, 0.15) is 5.54 Å². The molecule has 0 saturated heterocycles. The second-order valence-corrected chi connectivity index (χ2v) is 6.15. The lowest BCUT2D eigenvalue weighted by molar-refractivity contribution is 0.324. The molecule has 0 radical (unpaired) electrons. The third-order valence-corrected chi connectivity index (χ3v) is 4.32. The van der Waals surface area contributed by atoms with E-state index in [1.54, 1.807) is 0 Å². The molecule has 1 aromatic carbocycles. The van der Waals surface area contributed by atoms with Gasteiger partial charge in [-0.05, 0) is 49.4 Å². The summed E-state index contributed by atoms with van der Waals surface area (Å²) < 4.78 is 1.13. The molecule has 1 N–H and O–H groups in total. The highest BCUT2D eigenvalue weighted by Gasteiger charge is 2.35. The van der Waals surface area contributed by atoms with Gasteiger partial charge in [-0.1, -0.05) is 28.9 Å². The van der Waals surface area contributed by atoms with E-state index >= 15 is 0 Å². The van der Waals surface area contributed by atoms with Crippen LogP contribution in [0.15, 0.2) is 22.7 Å². The first kappa shape index (κ1) is 13.6. The lowest BCUT2D eigenvalue weighted by atomic mass is 9.78. The molecule has 2 unspecified atom stereocenters. The SMILES string of the molecule is CCC(C)NC1(C#N)CCc2cc(Br)ccc2C1. The van der Waals surface area contributed by atoms with E-state index in [4.69, 9.17) is 0 Å². The van der Waals surface area contributed by atoms with Gasteiger partial charge in [0.2, 0.25) is 0 Å². The quantitative estimate of drug-likeness (QED) is 0.926. The maximum Gasteiger partial charge on any atom is 0.111 e. The number of rotatable bonds is 3. The fourth-order valence-corrected chi connectivity index (χ4v) is 2.99. The van der Waals surface area contributed by atoms with E-state index < -0.39 is 0 Å². The van der Waals surface area contributed by atoms with Crippen LogP contribution in [-0.2, 0) is 12.8 Å². The Morgan fingerprint density at radius 3 is 2.94 bits per heavy atom. The molecule has 0 bridgehead atoms. The highest BCUT2D eigenvalue weighted by molar-refractivity contribution is 9.10. The Morgan fingerprint density at radius 1 is 1.50 bits per heavy atom. The number of fused-ring (bicyclic) bond motifs is 1. The maximum atomic E-state index is 9.54. The van der Waals surface area contributed by atoms with Gasteiger partial charge in [0.05, 0.1) is 6.07 Å². The van der Waals surface area contributed by atoms with Crippen molar-refractivity contribution >= 4 is 15.9 Å². The van der Waals surface area contributed by atoms with Crippen LogP contribution >= 0.6 is 15.9 Å².